The molecule has 4 aromatic rings. The van der Waals surface area contributed by atoms with E-state index in [1.807, 2.05) is 13.0 Å². The molecule has 0 aliphatic carbocycles. The number of carbonyl (C=O) groups is 1. The number of nitrogens with one attached hydrogen (secondary N) is 1. The number of phenols is 1. The smallest absolute Gasteiger partial charge is 0.266 e. The first-order valence-electron chi connectivity index (χ1n) is 11.1. The number of rotatable bonds is 9. The first-order chi connectivity index (χ1) is 17.5. The molecule has 0 radical (unpaired) electrons. The van der Waals surface area contributed by atoms with E-state index >= 15 is 0 Å². The molecular weight excluding hydrogens is 480 g/mol. The van der Waals surface area contributed by atoms with Crippen LogP contribution in [0.5, 0.6) is 17.2 Å². The van der Waals surface area contributed by atoms with Gasteiger partial charge < -0.3 is 14.6 Å². The number of para-hydroxylation sites is 1. The zero-order chi connectivity index (χ0) is 25.5. The number of fused-ring (bicyclic) bond motifs is 1. The molecule has 184 valence electrons. The lowest BCUT2D eigenvalue weighted by Crippen LogP contribution is -2.24. The number of aromatic nitrogens is 2. The summed E-state index contributed by atoms with van der Waals surface area (Å²) in [5, 5.41) is 14.6. The summed E-state index contributed by atoms with van der Waals surface area (Å²) in [4.78, 5) is 30.4. The fraction of sp³-hybridized carbons (Fsp3) is 0.154. The number of nitrogens with zero attached hydrogens (tertiary/aromatic N) is 3. The van der Waals surface area contributed by atoms with E-state index in [4.69, 9.17) is 9.47 Å². The third kappa shape index (κ3) is 5.66. The third-order valence-electron chi connectivity index (χ3n) is 5.09. The van der Waals surface area contributed by atoms with Crippen molar-refractivity contribution in [1.82, 2.24) is 15.0 Å². The van der Waals surface area contributed by atoms with Crippen LogP contribution in [0.2, 0.25) is 0 Å². The summed E-state index contributed by atoms with van der Waals surface area (Å²) in [5.74, 6) is 0.637. The van der Waals surface area contributed by atoms with Gasteiger partial charge in [-0.05, 0) is 67.1 Å². The van der Waals surface area contributed by atoms with Gasteiger partial charge in [0, 0.05) is 0 Å². The van der Waals surface area contributed by atoms with Gasteiger partial charge in [-0.2, -0.15) is 5.10 Å². The molecule has 0 aliphatic rings. The number of benzene rings is 3. The number of hydrogen-bond acceptors (Lipinski definition) is 8. The predicted molar refractivity (Wildman–Crippen MR) is 140 cm³/mol. The van der Waals surface area contributed by atoms with Crippen LogP contribution >= 0.6 is 11.8 Å². The van der Waals surface area contributed by atoms with Crippen molar-refractivity contribution < 1.29 is 19.4 Å². The van der Waals surface area contributed by atoms with Crippen LogP contribution in [-0.2, 0) is 4.79 Å². The minimum Gasteiger partial charge on any atom is -0.504 e. The normalized spacial score (nSPS) is 11.1. The lowest BCUT2D eigenvalue weighted by Gasteiger charge is -2.13. The van der Waals surface area contributed by atoms with Crippen LogP contribution in [-0.4, -0.2) is 46.2 Å². The third-order valence-corrected chi connectivity index (χ3v) is 6.03. The first kappa shape index (κ1) is 24.8. The minimum absolute atomic E-state index is 0.0158. The molecule has 0 aliphatic heterocycles. The van der Waals surface area contributed by atoms with Crippen LogP contribution in [0.15, 0.2) is 81.8 Å². The molecule has 0 atom stereocenters. The van der Waals surface area contributed by atoms with Gasteiger partial charge in [0.1, 0.15) is 5.75 Å². The average molecular weight is 505 g/mol. The summed E-state index contributed by atoms with van der Waals surface area (Å²) in [5.41, 5.74) is 4.04. The molecular formula is C26H24N4O5S. The van der Waals surface area contributed by atoms with Gasteiger partial charge in [-0.25, -0.2) is 10.4 Å². The van der Waals surface area contributed by atoms with E-state index in [0.29, 0.717) is 45.4 Å². The second kappa shape index (κ2) is 11.4. The van der Waals surface area contributed by atoms with E-state index in [0.717, 1.165) is 11.8 Å². The minimum atomic E-state index is -0.372. The van der Waals surface area contributed by atoms with Crippen molar-refractivity contribution in [2.24, 2.45) is 5.10 Å². The highest BCUT2D eigenvalue weighted by atomic mass is 32.2. The Morgan fingerprint density at radius 2 is 1.94 bits per heavy atom. The highest BCUT2D eigenvalue weighted by Crippen LogP contribution is 2.26. The Morgan fingerprint density at radius 1 is 1.17 bits per heavy atom. The second-order valence-electron chi connectivity index (χ2n) is 7.49. The zero-order valence-electron chi connectivity index (χ0n) is 19.7. The number of aromatic hydroxyl groups is 1. The maximum absolute atomic E-state index is 13.3. The molecule has 1 aromatic heterocycles. The zero-order valence-corrected chi connectivity index (χ0v) is 20.5. The molecule has 0 unspecified atom stereocenters. The van der Waals surface area contributed by atoms with Crippen LogP contribution in [0.3, 0.4) is 0 Å². The van der Waals surface area contributed by atoms with Crippen LogP contribution in [0.1, 0.15) is 12.5 Å². The number of hydrazone groups is 1. The molecule has 0 fully saturated rings. The quantitative estimate of drug-likeness (QED) is 0.154. The highest BCUT2D eigenvalue weighted by Gasteiger charge is 2.15. The van der Waals surface area contributed by atoms with Crippen molar-refractivity contribution in [3.05, 3.63) is 82.6 Å². The molecule has 0 spiro atoms. The fourth-order valence-electron chi connectivity index (χ4n) is 3.39. The molecule has 1 heterocycles. The fourth-order valence-corrected chi connectivity index (χ4v) is 4.20. The Hall–Kier alpha value is -4.31. The highest BCUT2D eigenvalue weighted by molar-refractivity contribution is 7.99. The van der Waals surface area contributed by atoms with E-state index < -0.39 is 0 Å². The predicted octanol–water partition coefficient (Wildman–Crippen LogP) is 3.74. The van der Waals surface area contributed by atoms with Gasteiger partial charge in [-0.1, -0.05) is 23.9 Å². The van der Waals surface area contributed by atoms with Crippen LogP contribution in [0, 0.1) is 0 Å². The SMILES string of the molecule is CCOc1cc(/C=N\NC(=O)CSc2nc3ccccc3c(=O)n2-c2ccc(OC)cc2)ccc1O. The van der Waals surface area contributed by atoms with Gasteiger partial charge in [0.25, 0.3) is 11.5 Å². The second-order valence-corrected chi connectivity index (χ2v) is 8.43. The van der Waals surface area contributed by atoms with E-state index in [1.165, 1.54) is 16.8 Å². The van der Waals surface area contributed by atoms with Crippen molar-refractivity contribution in [3.8, 4) is 22.9 Å². The number of carbonyl (C=O) groups excluding carboxylic acids is 1. The molecule has 36 heavy (non-hydrogen) atoms. The lowest BCUT2D eigenvalue weighted by molar-refractivity contribution is -0.118. The van der Waals surface area contributed by atoms with Crippen LogP contribution < -0.4 is 20.5 Å². The standard InChI is InChI=1S/C26H24N4O5S/c1-3-35-23-14-17(8-13-22(23)31)15-27-29-24(32)16-36-26-28-21-7-5-4-6-20(21)25(33)30(26)18-9-11-19(34-2)12-10-18/h4-15,31H,3,16H2,1-2H3,(H,29,32)/b27-15-. The lowest BCUT2D eigenvalue weighted by atomic mass is 10.2. The number of thioether (sulfide) groups is 1. The van der Waals surface area contributed by atoms with Gasteiger partial charge in [0.15, 0.2) is 16.7 Å². The number of methoxy groups -OCH3 is 1. The van der Waals surface area contributed by atoms with Gasteiger partial charge in [0.2, 0.25) is 0 Å². The van der Waals surface area contributed by atoms with Crippen LogP contribution in [0.25, 0.3) is 16.6 Å². The number of phenolic OH excluding ortho intramolecular Hbond substituents is 1. The largest absolute Gasteiger partial charge is 0.504 e. The Labute approximate surface area is 211 Å². The average Bonchev–Trinajstić information content (AvgIpc) is 2.90. The number of ether oxygens (including phenoxy) is 2. The number of amides is 1. The first-order valence-corrected chi connectivity index (χ1v) is 12.1. The van der Waals surface area contributed by atoms with Crippen molar-refractivity contribution in [1.29, 1.82) is 0 Å². The molecule has 9 nitrogen and oxygen atoms in total. The summed E-state index contributed by atoms with van der Waals surface area (Å²) < 4.78 is 12.0. The Kier molecular flexibility index (Phi) is 7.86. The molecule has 0 bridgehead atoms. The number of hydrogen-bond donors (Lipinski definition) is 2. The van der Waals surface area contributed by atoms with E-state index in [2.05, 4.69) is 15.5 Å². The van der Waals surface area contributed by atoms with Crippen LogP contribution in [0.4, 0.5) is 0 Å². The molecule has 3 aromatic carbocycles. The van der Waals surface area contributed by atoms with E-state index in [9.17, 15) is 14.7 Å². The van der Waals surface area contributed by atoms with Gasteiger partial charge in [-0.3, -0.25) is 14.2 Å². The van der Waals surface area contributed by atoms with Crippen molar-refractivity contribution in [2.75, 3.05) is 19.5 Å². The summed E-state index contributed by atoms with van der Waals surface area (Å²) in [6.07, 6.45) is 1.45. The van der Waals surface area contributed by atoms with Crippen molar-refractivity contribution in [2.45, 2.75) is 12.1 Å². The Morgan fingerprint density at radius 3 is 2.69 bits per heavy atom. The molecule has 0 saturated carbocycles. The van der Waals surface area contributed by atoms with Crippen molar-refractivity contribution in [3.63, 3.8) is 0 Å². The molecule has 10 heteroatoms. The Balaban J connectivity index is 1.52. The maximum Gasteiger partial charge on any atom is 0.266 e. The summed E-state index contributed by atoms with van der Waals surface area (Å²) in [6.45, 7) is 2.23. The maximum atomic E-state index is 13.3. The summed E-state index contributed by atoms with van der Waals surface area (Å²) in [7, 11) is 1.57. The van der Waals surface area contributed by atoms with E-state index in [1.54, 1.807) is 61.7 Å². The molecule has 1 amide bonds. The van der Waals surface area contributed by atoms with Gasteiger partial charge in [-0.15, -0.1) is 0 Å². The molecule has 0 saturated heterocycles. The van der Waals surface area contributed by atoms with Crippen molar-refractivity contribution >= 4 is 34.8 Å². The topological polar surface area (TPSA) is 115 Å². The molecule has 4 rings (SSSR count). The van der Waals surface area contributed by atoms with Gasteiger partial charge in [0.05, 0.1) is 42.3 Å². The van der Waals surface area contributed by atoms with E-state index in [-0.39, 0.29) is 23.0 Å². The Bertz CT molecular complexity index is 1470. The van der Waals surface area contributed by atoms with Gasteiger partial charge >= 0.3 is 0 Å². The monoisotopic (exact) mass is 504 g/mol. The summed E-state index contributed by atoms with van der Waals surface area (Å²) in [6, 6.07) is 18.9. The summed E-state index contributed by atoms with van der Waals surface area (Å²) >= 11 is 1.13. The molecule has 2 N–H and O–H groups in total.